The Kier molecular flexibility index (Phi) is 5.39. The van der Waals surface area contributed by atoms with Crippen LogP contribution in [0.4, 0.5) is 11.6 Å². The van der Waals surface area contributed by atoms with E-state index in [9.17, 15) is 4.79 Å². The van der Waals surface area contributed by atoms with E-state index in [4.69, 9.17) is 16.6 Å². The number of hydrazine groups is 1. The number of dihydropyridines is 1. The van der Waals surface area contributed by atoms with E-state index in [0.29, 0.717) is 48.7 Å². The van der Waals surface area contributed by atoms with Gasteiger partial charge in [-0.05, 0) is 43.2 Å². The molecule has 172 valence electrons. The summed E-state index contributed by atoms with van der Waals surface area (Å²) in [5, 5.41) is 6.32. The third kappa shape index (κ3) is 4.22. The highest BCUT2D eigenvalue weighted by Gasteiger charge is 2.38. The van der Waals surface area contributed by atoms with Gasteiger partial charge in [-0.1, -0.05) is 6.07 Å². The highest BCUT2D eigenvalue weighted by atomic mass is 16.2. The molecular weight excluding hydrogens is 418 g/mol. The molecule has 10 heteroatoms. The molecule has 0 bridgehead atoms. The smallest absolute Gasteiger partial charge is 0.251 e. The third-order valence-electron chi connectivity index (χ3n) is 6.33. The monoisotopic (exact) mass is 447 g/mol. The second-order valence-corrected chi connectivity index (χ2v) is 8.93. The zero-order valence-electron chi connectivity index (χ0n) is 18.9. The predicted molar refractivity (Wildman–Crippen MR) is 125 cm³/mol. The number of carbonyl (C=O) groups is 1. The van der Waals surface area contributed by atoms with Crippen LogP contribution in [-0.2, 0) is 17.9 Å². The molecule has 0 radical (unpaired) electrons. The van der Waals surface area contributed by atoms with Gasteiger partial charge in [-0.3, -0.25) is 15.5 Å². The molecule has 0 saturated carbocycles. The van der Waals surface area contributed by atoms with E-state index in [1.54, 1.807) is 6.08 Å². The molecule has 5 rings (SSSR count). The molecule has 2 aromatic rings. The third-order valence-corrected chi connectivity index (χ3v) is 6.33. The first-order valence-electron chi connectivity index (χ1n) is 11.0. The molecule has 10 nitrogen and oxygen atoms in total. The van der Waals surface area contributed by atoms with Gasteiger partial charge in [0.2, 0.25) is 5.95 Å². The maximum absolute atomic E-state index is 12.8. The van der Waals surface area contributed by atoms with Crippen molar-refractivity contribution in [3.63, 3.8) is 0 Å². The van der Waals surface area contributed by atoms with Gasteiger partial charge in [-0.25, -0.2) is 9.97 Å². The van der Waals surface area contributed by atoms with E-state index in [-0.39, 0.29) is 5.91 Å². The molecule has 7 N–H and O–H groups in total. The molecule has 1 amide bonds. The number of nitrogens with one attached hydrogen (secondary N) is 3. The minimum absolute atomic E-state index is 0.00966. The van der Waals surface area contributed by atoms with Crippen LogP contribution in [0.2, 0.25) is 0 Å². The Morgan fingerprint density at radius 1 is 1.18 bits per heavy atom. The highest BCUT2D eigenvalue weighted by molar-refractivity contribution is 5.95. The van der Waals surface area contributed by atoms with Crippen molar-refractivity contribution in [3.05, 3.63) is 69.9 Å². The molecule has 0 atom stereocenters. The molecule has 1 aromatic carbocycles. The summed E-state index contributed by atoms with van der Waals surface area (Å²) in [4.78, 5) is 26.3. The minimum atomic E-state index is 0.00966. The van der Waals surface area contributed by atoms with Crippen LogP contribution >= 0.6 is 0 Å². The average Bonchev–Trinajstić information content (AvgIpc) is 3.15. The Labute approximate surface area is 192 Å². The highest BCUT2D eigenvalue weighted by Crippen LogP contribution is 2.28. The number of hydrogen-bond acceptors (Lipinski definition) is 9. The first-order chi connectivity index (χ1) is 15.9. The lowest BCUT2D eigenvalue weighted by Gasteiger charge is -2.44. The number of hydrogen-bond donors (Lipinski definition) is 5. The van der Waals surface area contributed by atoms with Crippen molar-refractivity contribution in [2.45, 2.75) is 33.0 Å². The van der Waals surface area contributed by atoms with Gasteiger partial charge >= 0.3 is 0 Å². The van der Waals surface area contributed by atoms with Crippen molar-refractivity contribution in [3.8, 4) is 0 Å². The zero-order chi connectivity index (χ0) is 23.1. The largest absolute Gasteiger partial charge is 0.384 e. The number of benzene rings is 1. The Bertz CT molecular complexity index is 1150. The molecular formula is C23H29N9O. The van der Waals surface area contributed by atoms with E-state index in [1.165, 1.54) is 11.1 Å². The first-order valence-corrected chi connectivity index (χ1v) is 11.0. The number of allylic oxidation sites excluding steroid dienone is 1. The van der Waals surface area contributed by atoms with Crippen molar-refractivity contribution < 1.29 is 4.79 Å². The lowest BCUT2D eigenvalue weighted by molar-refractivity contribution is -0.134. The number of anilines is 2. The number of amides is 1. The zero-order valence-corrected chi connectivity index (χ0v) is 18.9. The van der Waals surface area contributed by atoms with Gasteiger partial charge in [0.15, 0.2) is 0 Å². The van der Waals surface area contributed by atoms with Gasteiger partial charge < -0.3 is 26.7 Å². The molecule has 1 saturated heterocycles. The van der Waals surface area contributed by atoms with Crippen molar-refractivity contribution in [1.29, 1.82) is 0 Å². The van der Waals surface area contributed by atoms with E-state index in [1.807, 2.05) is 11.1 Å². The lowest BCUT2D eigenvalue weighted by atomic mass is 10.0. The van der Waals surface area contributed by atoms with Gasteiger partial charge in [0.25, 0.3) is 5.91 Å². The number of aromatic nitrogens is 2. The molecule has 4 heterocycles. The summed E-state index contributed by atoms with van der Waals surface area (Å²) in [5.74, 6) is 6.54. The van der Waals surface area contributed by atoms with Gasteiger partial charge in [-0.2, -0.15) is 0 Å². The Morgan fingerprint density at radius 3 is 2.67 bits per heavy atom. The number of fused-ring (bicyclic) bond motifs is 1. The number of likely N-dealkylation sites (tertiary alicyclic amines) is 1. The Balaban J connectivity index is 1.19. The van der Waals surface area contributed by atoms with Crippen molar-refractivity contribution in [2.24, 2.45) is 11.6 Å². The van der Waals surface area contributed by atoms with Crippen LogP contribution in [-0.4, -0.2) is 51.4 Å². The number of rotatable bonds is 5. The summed E-state index contributed by atoms with van der Waals surface area (Å²) in [6.45, 7) is 7.50. The summed E-state index contributed by atoms with van der Waals surface area (Å²) in [7, 11) is 0. The quantitative estimate of drug-likeness (QED) is 0.327. The number of nitrogens with zero attached hydrogens (tertiary/aromatic N) is 4. The fourth-order valence-corrected chi connectivity index (χ4v) is 4.57. The molecule has 1 fully saturated rings. The van der Waals surface area contributed by atoms with Crippen molar-refractivity contribution in [1.82, 2.24) is 30.5 Å². The number of nitrogens with two attached hydrogens (primary N) is 2. The van der Waals surface area contributed by atoms with Crippen molar-refractivity contribution in [2.75, 3.05) is 25.0 Å². The van der Waals surface area contributed by atoms with Gasteiger partial charge in [0.1, 0.15) is 5.82 Å². The molecule has 33 heavy (non-hydrogen) atoms. The van der Waals surface area contributed by atoms with Crippen molar-refractivity contribution >= 4 is 17.5 Å². The molecule has 3 aliphatic rings. The molecule has 3 aliphatic heterocycles. The van der Waals surface area contributed by atoms with Gasteiger partial charge in [-0.15, -0.1) is 0 Å². The molecule has 0 aliphatic carbocycles. The van der Waals surface area contributed by atoms with E-state index in [0.717, 1.165) is 30.0 Å². The summed E-state index contributed by atoms with van der Waals surface area (Å²) >= 11 is 0. The summed E-state index contributed by atoms with van der Waals surface area (Å²) < 4.78 is 0. The number of carbonyl (C=O) groups excluding carboxylic acids is 1. The molecule has 0 spiro atoms. The SMILES string of the molecule is Cc1cc(C)cc(Nc2ncc3c(n2)CN(C2CN(C(=O)C4=CC(NN)=C(N)NC4)C2)C3)c1. The second-order valence-electron chi connectivity index (χ2n) is 8.93. The average molecular weight is 448 g/mol. The first kappa shape index (κ1) is 21.2. The van der Waals surface area contributed by atoms with E-state index in [2.05, 4.69) is 58.0 Å². The normalized spacial score (nSPS) is 18.4. The lowest BCUT2D eigenvalue weighted by Crippen LogP contribution is -2.60. The fraction of sp³-hybridized carbons (Fsp3) is 0.348. The minimum Gasteiger partial charge on any atom is -0.384 e. The van der Waals surface area contributed by atoms with Gasteiger partial charge in [0, 0.05) is 61.8 Å². The fourth-order valence-electron chi connectivity index (χ4n) is 4.57. The van der Waals surface area contributed by atoms with Crippen LogP contribution in [0.1, 0.15) is 22.4 Å². The molecule has 1 aromatic heterocycles. The van der Waals surface area contributed by atoms with Crippen LogP contribution in [0, 0.1) is 13.8 Å². The maximum Gasteiger partial charge on any atom is 0.251 e. The summed E-state index contributed by atoms with van der Waals surface area (Å²) in [6.07, 6.45) is 3.62. The summed E-state index contributed by atoms with van der Waals surface area (Å²) in [6, 6.07) is 6.62. The van der Waals surface area contributed by atoms with Crippen LogP contribution < -0.4 is 27.6 Å². The van der Waals surface area contributed by atoms with E-state index < -0.39 is 0 Å². The Hall–Kier alpha value is -3.63. The predicted octanol–water partition coefficient (Wildman–Crippen LogP) is 0.484. The summed E-state index contributed by atoms with van der Waals surface area (Å²) in [5.41, 5.74) is 15.1. The van der Waals surface area contributed by atoms with E-state index >= 15 is 0 Å². The van der Waals surface area contributed by atoms with Gasteiger partial charge in [0.05, 0.1) is 11.4 Å². The van der Waals surface area contributed by atoms with Crippen LogP contribution in [0.15, 0.2) is 47.6 Å². The van der Waals surface area contributed by atoms with Crippen LogP contribution in [0.3, 0.4) is 0 Å². The second kappa shape index (κ2) is 8.38. The number of aryl methyl sites for hydroxylation is 2. The maximum atomic E-state index is 12.8. The standard InChI is InChI=1S/C23H29N9O/c1-13-3-14(2)5-17(4-13)28-23-27-8-16-9-31(12-20(16)29-23)18-10-32(11-18)22(33)15-6-19(30-25)21(24)26-7-15/h3-6,8,18,26,30H,7,9-12,24-25H2,1-2H3,(H,27,28,29). The molecule has 0 unspecified atom stereocenters. The topological polar surface area (TPSA) is 137 Å². The Morgan fingerprint density at radius 2 is 1.94 bits per heavy atom. The van der Waals surface area contributed by atoms with Crippen LogP contribution in [0.5, 0.6) is 0 Å². The van der Waals surface area contributed by atoms with Crippen LogP contribution in [0.25, 0.3) is 0 Å².